The van der Waals surface area contributed by atoms with Gasteiger partial charge >= 0.3 is 6.03 Å². The van der Waals surface area contributed by atoms with Crippen molar-refractivity contribution in [1.82, 2.24) is 15.1 Å². The Bertz CT molecular complexity index is 568. The van der Waals surface area contributed by atoms with Crippen molar-refractivity contribution in [2.24, 2.45) is 7.05 Å². The Kier molecular flexibility index (Phi) is 5.01. The molecule has 2 rings (SSSR count). The lowest BCUT2D eigenvalue weighted by atomic mass is 10.1. The van der Waals surface area contributed by atoms with Gasteiger partial charge in [0.05, 0.1) is 5.69 Å². The van der Waals surface area contributed by atoms with E-state index < -0.39 is 0 Å². The molecule has 2 N–H and O–H groups in total. The molecule has 1 heterocycles. The van der Waals surface area contributed by atoms with E-state index in [-0.39, 0.29) is 6.03 Å². The summed E-state index contributed by atoms with van der Waals surface area (Å²) in [5.41, 5.74) is 2.00. The molecule has 0 saturated heterocycles. The van der Waals surface area contributed by atoms with Gasteiger partial charge in [-0.1, -0.05) is 30.3 Å². The summed E-state index contributed by atoms with van der Waals surface area (Å²) in [6.07, 6.45) is 0.743. The van der Waals surface area contributed by atoms with Gasteiger partial charge in [0.1, 0.15) is 0 Å². The number of urea groups is 1. The van der Waals surface area contributed by atoms with E-state index in [2.05, 4.69) is 15.7 Å². The van der Waals surface area contributed by atoms with Crippen LogP contribution in [0.4, 0.5) is 10.6 Å². The van der Waals surface area contributed by atoms with Crippen LogP contribution in [-0.2, 0) is 7.05 Å². The number of carbonyl (C=O) groups excluding carboxylic acids is 1. The molecule has 0 saturated carbocycles. The first kappa shape index (κ1) is 14.4. The number of amides is 2. The molecule has 6 heteroatoms. The molecule has 0 bridgehead atoms. The van der Waals surface area contributed by atoms with E-state index in [1.807, 2.05) is 43.4 Å². The van der Waals surface area contributed by atoms with Crippen LogP contribution in [0.2, 0.25) is 0 Å². The average molecular weight is 293 g/mol. The maximum atomic E-state index is 11.6. The molecule has 0 fully saturated rings. The van der Waals surface area contributed by atoms with E-state index in [9.17, 15) is 4.79 Å². The highest BCUT2D eigenvalue weighted by Crippen LogP contribution is 2.21. The molecular weight excluding hydrogens is 276 g/mol. The lowest BCUT2D eigenvalue weighted by molar-refractivity contribution is 0.252. The fourth-order valence-corrected chi connectivity index (χ4v) is 1.97. The second kappa shape index (κ2) is 6.96. The van der Waals surface area contributed by atoms with E-state index in [0.29, 0.717) is 18.2 Å². The molecule has 0 unspecified atom stereocenters. The normalized spacial score (nSPS) is 10.3. The zero-order valence-electron chi connectivity index (χ0n) is 11.3. The molecule has 0 radical (unpaired) electrons. The number of halogens is 1. The zero-order chi connectivity index (χ0) is 14.4. The van der Waals surface area contributed by atoms with Gasteiger partial charge in [0.2, 0.25) is 0 Å². The number of nitrogens with one attached hydrogen (secondary N) is 2. The number of aryl methyl sites for hydroxylation is 1. The van der Waals surface area contributed by atoms with Gasteiger partial charge in [-0.05, 0) is 12.0 Å². The fraction of sp³-hybridized carbons (Fsp3) is 0.286. The number of carbonyl (C=O) groups is 1. The largest absolute Gasteiger partial charge is 0.338 e. The summed E-state index contributed by atoms with van der Waals surface area (Å²) in [4.78, 5) is 11.6. The number of nitrogens with zero attached hydrogens (tertiary/aromatic N) is 2. The van der Waals surface area contributed by atoms with Crippen molar-refractivity contribution in [3.8, 4) is 11.3 Å². The predicted octanol–water partition coefficient (Wildman–Crippen LogP) is 2.84. The van der Waals surface area contributed by atoms with Crippen molar-refractivity contribution < 1.29 is 4.79 Å². The average Bonchev–Trinajstić information content (AvgIpc) is 2.81. The minimum atomic E-state index is -0.271. The Morgan fingerprint density at radius 1 is 1.35 bits per heavy atom. The smallest absolute Gasteiger partial charge is 0.320 e. The van der Waals surface area contributed by atoms with Crippen LogP contribution in [0.15, 0.2) is 36.4 Å². The molecular formula is C14H17ClN4O. The number of anilines is 1. The Labute approximate surface area is 122 Å². The zero-order valence-corrected chi connectivity index (χ0v) is 12.0. The van der Waals surface area contributed by atoms with Crippen molar-refractivity contribution in [2.45, 2.75) is 6.42 Å². The van der Waals surface area contributed by atoms with Gasteiger partial charge in [0.15, 0.2) is 5.82 Å². The SMILES string of the molecule is Cn1nc(NC(=O)NCCCCl)cc1-c1ccccc1. The van der Waals surface area contributed by atoms with Crippen LogP contribution in [-0.4, -0.2) is 28.2 Å². The Morgan fingerprint density at radius 3 is 2.80 bits per heavy atom. The van der Waals surface area contributed by atoms with E-state index in [4.69, 9.17) is 11.6 Å². The minimum absolute atomic E-state index is 0.271. The van der Waals surface area contributed by atoms with E-state index in [1.54, 1.807) is 4.68 Å². The van der Waals surface area contributed by atoms with Crippen LogP contribution in [0.3, 0.4) is 0 Å². The Morgan fingerprint density at radius 2 is 2.10 bits per heavy atom. The number of benzene rings is 1. The second-order valence-corrected chi connectivity index (χ2v) is 4.71. The molecule has 20 heavy (non-hydrogen) atoms. The maximum Gasteiger partial charge on any atom is 0.320 e. The first-order valence-electron chi connectivity index (χ1n) is 6.41. The molecule has 2 amide bonds. The maximum absolute atomic E-state index is 11.6. The number of aromatic nitrogens is 2. The molecule has 0 aliphatic carbocycles. The number of hydrogen-bond donors (Lipinski definition) is 2. The molecule has 0 spiro atoms. The standard InChI is InChI=1S/C14H17ClN4O/c1-19-12(11-6-3-2-4-7-11)10-13(18-19)17-14(20)16-9-5-8-15/h2-4,6-7,10H,5,8-9H2,1H3,(H2,16,17,18,20). The highest BCUT2D eigenvalue weighted by Gasteiger charge is 2.09. The topological polar surface area (TPSA) is 59.0 Å². The van der Waals surface area contributed by atoms with Crippen molar-refractivity contribution >= 4 is 23.4 Å². The lowest BCUT2D eigenvalue weighted by Gasteiger charge is -2.03. The van der Waals surface area contributed by atoms with Gasteiger partial charge in [-0.15, -0.1) is 11.6 Å². The Hall–Kier alpha value is -2.01. The summed E-state index contributed by atoms with van der Waals surface area (Å²) in [6.45, 7) is 0.549. The molecule has 0 aliphatic rings. The monoisotopic (exact) mass is 292 g/mol. The lowest BCUT2D eigenvalue weighted by Crippen LogP contribution is -2.29. The summed E-state index contributed by atoms with van der Waals surface area (Å²) >= 11 is 5.55. The van der Waals surface area contributed by atoms with Crippen LogP contribution in [0.1, 0.15) is 6.42 Å². The van der Waals surface area contributed by atoms with Gasteiger partial charge in [-0.2, -0.15) is 5.10 Å². The molecule has 0 atom stereocenters. The third-order valence-electron chi connectivity index (χ3n) is 2.79. The van der Waals surface area contributed by atoms with Crippen molar-refractivity contribution in [3.63, 3.8) is 0 Å². The number of hydrogen-bond acceptors (Lipinski definition) is 2. The number of alkyl halides is 1. The van der Waals surface area contributed by atoms with Crippen molar-refractivity contribution in [2.75, 3.05) is 17.7 Å². The first-order chi connectivity index (χ1) is 9.70. The van der Waals surface area contributed by atoms with Crippen LogP contribution >= 0.6 is 11.6 Å². The van der Waals surface area contributed by atoms with E-state index in [0.717, 1.165) is 17.7 Å². The number of rotatable bonds is 5. The van der Waals surface area contributed by atoms with Gasteiger partial charge in [0, 0.05) is 25.5 Å². The summed E-state index contributed by atoms with van der Waals surface area (Å²) in [5, 5.41) is 9.70. The summed E-state index contributed by atoms with van der Waals surface area (Å²) in [6, 6.07) is 11.5. The van der Waals surface area contributed by atoms with E-state index in [1.165, 1.54) is 0 Å². The molecule has 1 aromatic heterocycles. The van der Waals surface area contributed by atoms with Gasteiger partial charge in [-0.25, -0.2) is 4.79 Å². The molecule has 0 aliphatic heterocycles. The van der Waals surface area contributed by atoms with Crippen LogP contribution in [0.5, 0.6) is 0 Å². The highest BCUT2D eigenvalue weighted by molar-refractivity contribution is 6.17. The van der Waals surface area contributed by atoms with Crippen molar-refractivity contribution in [1.29, 1.82) is 0 Å². The first-order valence-corrected chi connectivity index (χ1v) is 6.94. The summed E-state index contributed by atoms with van der Waals surface area (Å²) in [5.74, 6) is 1.05. The summed E-state index contributed by atoms with van der Waals surface area (Å²) < 4.78 is 1.74. The Balaban J connectivity index is 2.03. The van der Waals surface area contributed by atoms with Gasteiger partial charge in [-0.3, -0.25) is 10.00 Å². The summed E-state index contributed by atoms with van der Waals surface area (Å²) in [7, 11) is 1.85. The van der Waals surface area contributed by atoms with E-state index >= 15 is 0 Å². The van der Waals surface area contributed by atoms with Gasteiger partial charge < -0.3 is 5.32 Å². The second-order valence-electron chi connectivity index (χ2n) is 4.33. The highest BCUT2D eigenvalue weighted by atomic mass is 35.5. The third-order valence-corrected chi connectivity index (χ3v) is 3.05. The molecule has 106 valence electrons. The molecule has 1 aromatic carbocycles. The van der Waals surface area contributed by atoms with Crippen LogP contribution < -0.4 is 10.6 Å². The molecule has 2 aromatic rings. The fourth-order valence-electron chi connectivity index (χ4n) is 1.84. The third kappa shape index (κ3) is 3.74. The van der Waals surface area contributed by atoms with Crippen LogP contribution in [0, 0.1) is 0 Å². The van der Waals surface area contributed by atoms with Gasteiger partial charge in [0.25, 0.3) is 0 Å². The van der Waals surface area contributed by atoms with Crippen LogP contribution in [0.25, 0.3) is 11.3 Å². The minimum Gasteiger partial charge on any atom is -0.338 e. The van der Waals surface area contributed by atoms with Crippen molar-refractivity contribution in [3.05, 3.63) is 36.4 Å². The predicted molar refractivity (Wildman–Crippen MR) is 81.0 cm³/mol. The quantitative estimate of drug-likeness (QED) is 0.657. The molecule has 5 nitrogen and oxygen atoms in total.